The lowest BCUT2D eigenvalue weighted by Crippen LogP contribution is -2.28. The molecule has 12 heavy (non-hydrogen) atoms. The zero-order valence-corrected chi connectivity index (χ0v) is 6.69. The van der Waals surface area contributed by atoms with Gasteiger partial charge in [-0.15, -0.1) is 0 Å². The van der Waals surface area contributed by atoms with Gasteiger partial charge >= 0.3 is 0 Å². The van der Waals surface area contributed by atoms with Crippen molar-refractivity contribution in [2.24, 2.45) is 4.99 Å². The largest absolute Gasteiger partial charge is 0.359 e. The number of methoxy groups -OCH3 is 1. The number of nitrogens with zero attached hydrogens (tertiary/aromatic N) is 1. The van der Waals surface area contributed by atoms with E-state index in [9.17, 15) is 5.11 Å². The van der Waals surface area contributed by atoms with Crippen molar-refractivity contribution in [3.63, 3.8) is 0 Å². The van der Waals surface area contributed by atoms with Crippen LogP contribution in [0.3, 0.4) is 0 Å². The van der Waals surface area contributed by atoms with E-state index in [1.807, 2.05) is 6.08 Å². The summed E-state index contributed by atoms with van der Waals surface area (Å²) in [4.78, 5) is 4.07. The molecule has 0 aromatic carbocycles. The lowest BCUT2D eigenvalue weighted by Gasteiger charge is -2.22. The first kappa shape index (κ1) is 7.46. The van der Waals surface area contributed by atoms with E-state index < -0.39 is 5.79 Å². The van der Waals surface area contributed by atoms with Crippen LogP contribution in [-0.4, -0.2) is 23.7 Å². The molecule has 0 amide bonds. The first-order valence-corrected chi connectivity index (χ1v) is 3.68. The van der Waals surface area contributed by atoms with Gasteiger partial charge in [0.1, 0.15) is 0 Å². The molecule has 1 aliphatic carbocycles. The van der Waals surface area contributed by atoms with Crippen LogP contribution < -0.4 is 0 Å². The summed E-state index contributed by atoms with van der Waals surface area (Å²) in [5, 5.41) is 9.65. The molecule has 0 saturated heterocycles. The van der Waals surface area contributed by atoms with Crippen LogP contribution >= 0.6 is 0 Å². The van der Waals surface area contributed by atoms with E-state index in [1.165, 1.54) is 7.11 Å². The molecule has 1 N–H and O–H groups in total. The minimum absolute atomic E-state index is 0.872. The average molecular weight is 163 g/mol. The monoisotopic (exact) mass is 163 g/mol. The fourth-order valence-corrected chi connectivity index (χ4v) is 1.22. The first-order valence-electron chi connectivity index (χ1n) is 3.68. The molecule has 1 unspecified atom stereocenters. The van der Waals surface area contributed by atoms with E-state index in [-0.39, 0.29) is 0 Å². The number of rotatable bonds is 1. The molecule has 2 rings (SSSR count). The topological polar surface area (TPSA) is 41.8 Å². The quantitative estimate of drug-likeness (QED) is 0.580. The zero-order chi connectivity index (χ0) is 8.60. The van der Waals surface area contributed by atoms with Crippen molar-refractivity contribution in [2.45, 2.75) is 5.79 Å². The summed E-state index contributed by atoms with van der Waals surface area (Å²) in [6.45, 7) is 0. The predicted molar refractivity (Wildman–Crippen MR) is 45.8 cm³/mol. The van der Waals surface area contributed by atoms with E-state index in [1.54, 1.807) is 24.4 Å². The molecule has 3 heteroatoms. The highest BCUT2D eigenvalue weighted by molar-refractivity contribution is 6.13. The highest BCUT2D eigenvalue weighted by atomic mass is 16.6. The third kappa shape index (κ3) is 1.03. The highest BCUT2D eigenvalue weighted by Gasteiger charge is 2.25. The Balaban J connectivity index is 2.39. The number of hydrogen-bond acceptors (Lipinski definition) is 3. The molecule has 0 bridgehead atoms. The molecular formula is C9H9NO2. The second-order valence-corrected chi connectivity index (χ2v) is 2.72. The fraction of sp³-hybridized carbons (Fsp3) is 0.222. The van der Waals surface area contributed by atoms with Crippen LogP contribution in [0.15, 0.2) is 41.1 Å². The SMILES string of the molecule is COC1(O)C=CC2=NC=CC2=C1. The van der Waals surface area contributed by atoms with Crippen LogP contribution in [0.2, 0.25) is 0 Å². The van der Waals surface area contributed by atoms with Crippen molar-refractivity contribution in [3.8, 4) is 0 Å². The van der Waals surface area contributed by atoms with Gasteiger partial charge in [-0.1, -0.05) is 0 Å². The van der Waals surface area contributed by atoms with Crippen LogP contribution in [0.4, 0.5) is 0 Å². The Bertz CT molecular complexity index is 325. The summed E-state index contributed by atoms with van der Waals surface area (Å²) in [7, 11) is 1.46. The van der Waals surface area contributed by atoms with Gasteiger partial charge in [0.25, 0.3) is 0 Å². The van der Waals surface area contributed by atoms with Crippen molar-refractivity contribution in [3.05, 3.63) is 36.1 Å². The molecule has 2 aliphatic rings. The molecule has 0 fully saturated rings. The predicted octanol–water partition coefficient (Wildman–Crippen LogP) is 0.786. The zero-order valence-electron chi connectivity index (χ0n) is 6.69. The second-order valence-electron chi connectivity index (χ2n) is 2.72. The lowest BCUT2D eigenvalue weighted by molar-refractivity contribution is -0.106. The van der Waals surface area contributed by atoms with E-state index in [0.29, 0.717) is 0 Å². The lowest BCUT2D eigenvalue weighted by atomic mass is 10.0. The smallest absolute Gasteiger partial charge is 0.206 e. The van der Waals surface area contributed by atoms with Crippen LogP contribution in [0.25, 0.3) is 0 Å². The maximum Gasteiger partial charge on any atom is 0.206 e. The molecule has 0 spiro atoms. The van der Waals surface area contributed by atoms with Crippen LogP contribution in [0.1, 0.15) is 0 Å². The van der Waals surface area contributed by atoms with Gasteiger partial charge in [-0.25, -0.2) is 0 Å². The Morgan fingerprint density at radius 1 is 1.50 bits per heavy atom. The summed E-state index contributed by atoms with van der Waals surface area (Å²) < 4.78 is 4.89. The third-order valence-electron chi connectivity index (χ3n) is 1.93. The molecule has 0 aromatic heterocycles. The molecule has 1 aliphatic heterocycles. The summed E-state index contributed by atoms with van der Waals surface area (Å²) in [5.74, 6) is -1.26. The number of hydrogen-bond donors (Lipinski definition) is 1. The van der Waals surface area contributed by atoms with E-state index in [4.69, 9.17) is 4.74 Å². The molecule has 0 saturated carbocycles. The Morgan fingerprint density at radius 2 is 2.33 bits per heavy atom. The minimum atomic E-state index is -1.26. The molecule has 1 heterocycles. The maximum absolute atomic E-state index is 9.65. The van der Waals surface area contributed by atoms with Crippen LogP contribution in [0.5, 0.6) is 0 Å². The van der Waals surface area contributed by atoms with Crippen molar-refractivity contribution in [2.75, 3.05) is 7.11 Å². The highest BCUT2D eigenvalue weighted by Crippen LogP contribution is 2.23. The van der Waals surface area contributed by atoms with E-state index in [2.05, 4.69) is 4.99 Å². The van der Waals surface area contributed by atoms with Crippen molar-refractivity contribution in [1.29, 1.82) is 0 Å². The Morgan fingerprint density at radius 3 is 3.08 bits per heavy atom. The molecule has 3 nitrogen and oxygen atoms in total. The summed E-state index contributed by atoms with van der Waals surface area (Å²) in [6.07, 6.45) is 8.49. The minimum Gasteiger partial charge on any atom is -0.359 e. The van der Waals surface area contributed by atoms with E-state index in [0.717, 1.165) is 11.3 Å². The van der Waals surface area contributed by atoms with Gasteiger partial charge < -0.3 is 9.84 Å². The van der Waals surface area contributed by atoms with Crippen LogP contribution in [-0.2, 0) is 4.74 Å². The number of ether oxygens (including phenoxy) is 1. The molecule has 1 atom stereocenters. The molecule has 0 radical (unpaired) electrons. The first-order chi connectivity index (χ1) is 5.73. The van der Waals surface area contributed by atoms with Gasteiger partial charge in [0.2, 0.25) is 5.79 Å². The molecule has 0 aromatic rings. The fourth-order valence-electron chi connectivity index (χ4n) is 1.22. The summed E-state index contributed by atoms with van der Waals surface area (Å²) in [5.41, 5.74) is 1.78. The molecular weight excluding hydrogens is 154 g/mol. The summed E-state index contributed by atoms with van der Waals surface area (Å²) in [6, 6.07) is 0. The average Bonchev–Trinajstić information content (AvgIpc) is 2.51. The number of fused-ring (bicyclic) bond motifs is 1. The Labute approximate surface area is 70.4 Å². The second kappa shape index (κ2) is 2.40. The number of aliphatic hydroxyl groups is 1. The number of allylic oxidation sites excluding steroid dienone is 3. The van der Waals surface area contributed by atoms with Gasteiger partial charge in [-0.05, 0) is 24.3 Å². The van der Waals surface area contributed by atoms with Crippen molar-refractivity contribution < 1.29 is 9.84 Å². The van der Waals surface area contributed by atoms with Gasteiger partial charge in [-0.3, -0.25) is 4.99 Å². The summed E-state index contributed by atoms with van der Waals surface area (Å²) >= 11 is 0. The third-order valence-corrected chi connectivity index (χ3v) is 1.93. The van der Waals surface area contributed by atoms with Crippen LogP contribution in [0, 0.1) is 0 Å². The van der Waals surface area contributed by atoms with Gasteiger partial charge in [0.05, 0.1) is 5.71 Å². The Hall–Kier alpha value is -1.19. The Kier molecular flexibility index (Phi) is 1.49. The normalized spacial score (nSPS) is 31.5. The van der Waals surface area contributed by atoms with Crippen molar-refractivity contribution >= 4 is 5.71 Å². The van der Waals surface area contributed by atoms with Gasteiger partial charge in [0, 0.05) is 18.9 Å². The standard InChI is InChI=1S/C9H9NO2/c1-12-9(11)4-2-8-7(6-9)3-5-10-8/h2-6,11H,1H3. The maximum atomic E-state index is 9.65. The number of aliphatic imine (C=N–C) groups is 1. The van der Waals surface area contributed by atoms with E-state index >= 15 is 0 Å². The van der Waals surface area contributed by atoms with Gasteiger partial charge in [-0.2, -0.15) is 0 Å². The molecule has 62 valence electrons. The van der Waals surface area contributed by atoms with Gasteiger partial charge in [0.15, 0.2) is 0 Å². The van der Waals surface area contributed by atoms with Crippen molar-refractivity contribution in [1.82, 2.24) is 0 Å².